The van der Waals surface area contributed by atoms with Gasteiger partial charge in [-0.25, -0.2) is 0 Å². The summed E-state index contributed by atoms with van der Waals surface area (Å²) in [5.41, 5.74) is 0. The molecule has 2 atom stereocenters. The van der Waals surface area contributed by atoms with Crippen molar-refractivity contribution in [2.75, 3.05) is 19.6 Å². The van der Waals surface area contributed by atoms with Crippen LogP contribution in [0.4, 0.5) is 0 Å². The fraction of sp³-hybridized carbons (Fsp3) is 0.733. The number of carbonyl (C=O) groups is 4. The van der Waals surface area contributed by atoms with Gasteiger partial charge in [-0.15, -0.1) is 0 Å². The fourth-order valence-electron chi connectivity index (χ4n) is 2.93. The van der Waals surface area contributed by atoms with Gasteiger partial charge in [-0.05, 0) is 19.3 Å². The minimum absolute atomic E-state index is 0.0214. The van der Waals surface area contributed by atoms with Crippen LogP contribution in [0.2, 0.25) is 0 Å². The fourth-order valence-corrected chi connectivity index (χ4v) is 2.93. The highest BCUT2D eigenvalue weighted by atomic mass is 16.2. The first kappa shape index (κ1) is 17.2. The van der Waals surface area contributed by atoms with Crippen molar-refractivity contribution in [3.8, 4) is 0 Å². The van der Waals surface area contributed by atoms with Gasteiger partial charge in [-0.2, -0.15) is 0 Å². The standard InChI is InChI=1S/C15H24N4O4/c1-9(2)14-17-15(23)10(3)19(14)13(22)7-16-11(20)8-18-6-4-5-12(18)21/h9-10,14H,4-8H2,1-3H3,(H,16,20)(H,17,23). The van der Waals surface area contributed by atoms with Crippen LogP contribution in [0, 0.1) is 5.92 Å². The molecule has 2 aliphatic rings. The zero-order chi connectivity index (χ0) is 17.1. The summed E-state index contributed by atoms with van der Waals surface area (Å²) < 4.78 is 0. The molecule has 8 heteroatoms. The Morgan fingerprint density at radius 1 is 1.35 bits per heavy atom. The van der Waals surface area contributed by atoms with E-state index >= 15 is 0 Å². The van der Waals surface area contributed by atoms with E-state index in [0.717, 1.165) is 6.42 Å². The molecule has 2 rings (SSSR count). The Balaban J connectivity index is 1.87. The molecule has 128 valence electrons. The molecule has 0 aromatic rings. The van der Waals surface area contributed by atoms with Crippen LogP contribution in [-0.4, -0.2) is 65.3 Å². The summed E-state index contributed by atoms with van der Waals surface area (Å²) in [6.07, 6.45) is 0.878. The molecule has 23 heavy (non-hydrogen) atoms. The van der Waals surface area contributed by atoms with Gasteiger partial charge in [0, 0.05) is 13.0 Å². The van der Waals surface area contributed by atoms with Crippen molar-refractivity contribution in [3.05, 3.63) is 0 Å². The number of likely N-dealkylation sites (tertiary alicyclic amines) is 1. The lowest BCUT2D eigenvalue weighted by Gasteiger charge is -2.29. The molecule has 0 bridgehead atoms. The first-order valence-electron chi connectivity index (χ1n) is 7.97. The maximum Gasteiger partial charge on any atom is 0.244 e. The molecule has 2 heterocycles. The highest BCUT2D eigenvalue weighted by molar-refractivity contribution is 5.93. The van der Waals surface area contributed by atoms with Crippen molar-refractivity contribution in [2.24, 2.45) is 5.92 Å². The van der Waals surface area contributed by atoms with E-state index in [-0.39, 0.29) is 48.8 Å². The maximum absolute atomic E-state index is 12.4. The summed E-state index contributed by atoms with van der Waals surface area (Å²) in [5, 5.41) is 5.33. The Morgan fingerprint density at radius 3 is 2.61 bits per heavy atom. The minimum atomic E-state index is -0.549. The summed E-state index contributed by atoms with van der Waals surface area (Å²) in [4.78, 5) is 50.4. The van der Waals surface area contributed by atoms with Gasteiger partial charge in [0.15, 0.2) is 0 Å². The van der Waals surface area contributed by atoms with Gasteiger partial charge in [-0.3, -0.25) is 19.2 Å². The molecule has 0 radical (unpaired) electrons. The highest BCUT2D eigenvalue weighted by Gasteiger charge is 2.41. The van der Waals surface area contributed by atoms with Gasteiger partial charge in [0.2, 0.25) is 23.6 Å². The van der Waals surface area contributed by atoms with Gasteiger partial charge in [0.05, 0.1) is 13.1 Å². The third-order valence-electron chi connectivity index (χ3n) is 4.25. The molecular weight excluding hydrogens is 300 g/mol. The topological polar surface area (TPSA) is 98.8 Å². The SMILES string of the molecule is CC(C)C1NC(=O)C(C)N1C(=O)CNC(=O)CN1CCCC1=O. The van der Waals surface area contributed by atoms with Crippen LogP contribution in [0.1, 0.15) is 33.6 Å². The third kappa shape index (κ3) is 3.80. The van der Waals surface area contributed by atoms with E-state index in [0.29, 0.717) is 13.0 Å². The van der Waals surface area contributed by atoms with Crippen LogP contribution in [0.5, 0.6) is 0 Å². The molecule has 2 aliphatic heterocycles. The lowest BCUT2D eigenvalue weighted by atomic mass is 10.1. The predicted octanol–water partition coefficient (Wildman–Crippen LogP) is -0.946. The van der Waals surface area contributed by atoms with Crippen molar-refractivity contribution in [1.29, 1.82) is 0 Å². The third-order valence-corrected chi connectivity index (χ3v) is 4.25. The molecule has 0 aromatic carbocycles. The summed E-state index contributed by atoms with van der Waals surface area (Å²) in [6.45, 7) is 5.88. The predicted molar refractivity (Wildman–Crippen MR) is 81.9 cm³/mol. The van der Waals surface area contributed by atoms with Crippen LogP contribution >= 0.6 is 0 Å². The van der Waals surface area contributed by atoms with E-state index < -0.39 is 6.04 Å². The molecule has 0 aliphatic carbocycles. The number of rotatable bonds is 5. The quantitative estimate of drug-likeness (QED) is 0.681. The van der Waals surface area contributed by atoms with Gasteiger partial charge in [-0.1, -0.05) is 13.8 Å². The Kier molecular flexibility index (Phi) is 5.23. The molecule has 2 saturated heterocycles. The largest absolute Gasteiger partial charge is 0.345 e. The van der Waals surface area contributed by atoms with Crippen LogP contribution < -0.4 is 10.6 Å². The van der Waals surface area contributed by atoms with Crippen LogP contribution in [0.3, 0.4) is 0 Å². The second kappa shape index (κ2) is 6.97. The monoisotopic (exact) mass is 324 g/mol. The number of nitrogens with one attached hydrogen (secondary N) is 2. The first-order chi connectivity index (χ1) is 10.8. The lowest BCUT2D eigenvalue weighted by Crippen LogP contribution is -2.50. The first-order valence-corrected chi connectivity index (χ1v) is 7.97. The molecule has 0 aromatic heterocycles. The second-order valence-electron chi connectivity index (χ2n) is 6.37. The van der Waals surface area contributed by atoms with Crippen molar-refractivity contribution < 1.29 is 19.2 Å². The summed E-state index contributed by atoms with van der Waals surface area (Å²) >= 11 is 0. The molecule has 0 saturated carbocycles. The molecule has 2 N–H and O–H groups in total. The molecule has 4 amide bonds. The summed E-state index contributed by atoms with van der Waals surface area (Å²) in [6, 6.07) is -0.549. The van der Waals surface area contributed by atoms with E-state index in [1.54, 1.807) is 6.92 Å². The van der Waals surface area contributed by atoms with Gasteiger partial charge in [0.25, 0.3) is 0 Å². The van der Waals surface area contributed by atoms with Crippen molar-refractivity contribution >= 4 is 23.6 Å². The number of hydrogen-bond donors (Lipinski definition) is 2. The Morgan fingerprint density at radius 2 is 2.04 bits per heavy atom. The number of amides is 4. The van der Waals surface area contributed by atoms with Gasteiger partial charge < -0.3 is 20.4 Å². The van der Waals surface area contributed by atoms with Gasteiger partial charge in [0.1, 0.15) is 12.2 Å². The van der Waals surface area contributed by atoms with E-state index in [9.17, 15) is 19.2 Å². The van der Waals surface area contributed by atoms with Crippen molar-refractivity contribution in [1.82, 2.24) is 20.4 Å². The second-order valence-corrected chi connectivity index (χ2v) is 6.37. The van der Waals surface area contributed by atoms with Crippen molar-refractivity contribution in [3.63, 3.8) is 0 Å². The number of nitrogens with zero attached hydrogens (tertiary/aromatic N) is 2. The van der Waals surface area contributed by atoms with Crippen LogP contribution in [0.25, 0.3) is 0 Å². The normalized spacial score (nSPS) is 24.3. The Bertz CT molecular complexity index is 520. The summed E-state index contributed by atoms with van der Waals surface area (Å²) in [5.74, 6) is -0.817. The smallest absolute Gasteiger partial charge is 0.244 e. The van der Waals surface area contributed by atoms with Crippen LogP contribution in [-0.2, 0) is 19.2 Å². The molecular formula is C15H24N4O4. The van der Waals surface area contributed by atoms with Crippen molar-refractivity contribution in [2.45, 2.75) is 45.8 Å². The zero-order valence-corrected chi connectivity index (χ0v) is 13.8. The molecule has 8 nitrogen and oxygen atoms in total. The van der Waals surface area contributed by atoms with Gasteiger partial charge >= 0.3 is 0 Å². The average molecular weight is 324 g/mol. The molecule has 0 spiro atoms. The molecule has 2 fully saturated rings. The molecule has 2 unspecified atom stereocenters. The lowest BCUT2D eigenvalue weighted by molar-refractivity contribution is -0.138. The average Bonchev–Trinajstić information content (AvgIpc) is 3.01. The highest BCUT2D eigenvalue weighted by Crippen LogP contribution is 2.18. The van der Waals surface area contributed by atoms with E-state index in [4.69, 9.17) is 0 Å². The summed E-state index contributed by atoms with van der Waals surface area (Å²) in [7, 11) is 0. The Hall–Kier alpha value is -2.12. The Labute approximate surface area is 135 Å². The maximum atomic E-state index is 12.4. The van der Waals surface area contributed by atoms with E-state index in [2.05, 4.69) is 10.6 Å². The number of carbonyl (C=O) groups excluding carboxylic acids is 4. The van der Waals surface area contributed by atoms with E-state index in [1.165, 1.54) is 9.80 Å². The van der Waals surface area contributed by atoms with Crippen LogP contribution in [0.15, 0.2) is 0 Å². The van der Waals surface area contributed by atoms with E-state index in [1.807, 2.05) is 13.8 Å². The zero-order valence-electron chi connectivity index (χ0n) is 13.8. The number of hydrogen-bond acceptors (Lipinski definition) is 4. The minimum Gasteiger partial charge on any atom is -0.345 e.